The fourth-order valence-electron chi connectivity index (χ4n) is 1.39. The van der Waals surface area contributed by atoms with Crippen molar-refractivity contribution in [2.75, 3.05) is 0 Å². The van der Waals surface area contributed by atoms with Gasteiger partial charge in [-0.25, -0.2) is 4.98 Å². The van der Waals surface area contributed by atoms with Gasteiger partial charge >= 0.3 is 0 Å². The zero-order chi connectivity index (χ0) is 12.3. The van der Waals surface area contributed by atoms with Crippen molar-refractivity contribution in [3.05, 3.63) is 50.4 Å². The minimum absolute atomic E-state index is 0.0703. The molecule has 0 spiro atoms. The quantitative estimate of drug-likeness (QED) is 0.946. The fourth-order valence-corrected chi connectivity index (χ4v) is 2.50. The van der Waals surface area contributed by atoms with E-state index in [9.17, 15) is 4.79 Å². The van der Waals surface area contributed by atoms with Crippen LogP contribution in [0.25, 0.3) is 0 Å². The second-order valence-corrected chi connectivity index (χ2v) is 5.41. The number of rotatable bonds is 3. The van der Waals surface area contributed by atoms with Gasteiger partial charge in [-0.1, -0.05) is 22.0 Å². The van der Waals surface area contributed by atoms with Crippen LogP contribution in [-0.2, 0) is 6.54 Å². The van der Waals surface area contributed by atoms with Crippen molar-refractivity contribution in [2.24, 2.45) is 0 Å². The van der Waals surface area contributed by atoms with Crippen LogP contribution >= 0.6 is 27.3 Å². The molecular formula is C12H11BrN2OS. The number of nitrogens with zero attached hydrogens (tertiary/aromatic N) is 1. The highest BCUT2D eigenvalue weighted by Crippen LogP contribution is 2.13. The van der Waals surface area contributed by atoms with Crippen molar-refractivity contribution in [3.63, 3.8) is 0 Å². The highest BCUT2D eigenvalue weighted by molar-refractivity contribution is 9.10. The first kappa shape index (κ1) is 12.3. The van der Waals surface area contributed by atoms with Crippen molar-refractivity contribution in [1.29, 1.82) is 0 Å². The fraction of sp³-hybridized carbons (Fsp3) is 0.167. The van der Waals surface area contributed by atoms with Gasteiger partial charge in [-0.15, -0.1) is 11.3 Å². The lowest BCUT2D eigenvalue weighted by molar-refractivity contribution is 0.0951. The van der Waals surface area contributed by atoms with Crippen LogP contribution in [0.3, 0.4) is 0 Å². The van der Waals surface area contributed by atoms with Crippen molar-refractivity contribution in [1.82, 2.24) is 10.3 Å². The van der Waals surface area contributed by atoms with E-state index in [1.54, 1.807) is 29.0 Å². The maximum Gasteiger partial charge on any atom is 0.251 e. The number of aryl methyl sites for hydroxylation is 1. The molecule has 5 heteroatoms. The molecule has 1 amide bonds. The Hall–Kier alpha value is -1.20. The van der Waals surface area contributed by atoms with Gasteiger partial charge in [-0.2, -0.15) is 0 Å². The number of halogens is 1. The molecule has 1 aromatic carbocycles. The summed E-state index contributed by atoms with van der Waals surface area (Å²) in [5.74, 6) is -0.0703. The van der Waals surface area contributed by atoms with E-state index in [0.717, 1.165) is 15.0 Å². The lowest BCUT2D eigenvalue weighted by Gasteiger charge is -2.04. The van der Waals surface area contributed by atoms with E-state index in [1.165, 1.54) is 0 Å². The third kappa shape index (κ3) is 3.14. The topological polar surface area (TPSA) is 42.0 Å². The summed E-state index contributed by atoms with van der Waals surface area (Å²) in [6, 6.07) is 7.33. The Morgan fingerprint density at radius 2 is 2.35 bits per heavy atom. The largest absolute Gasteiger partial charge is 0.347 e. The standard InChI is InChI=1S/C12H11BrN2OS/c1-8-11(17-7-15-8)6-14-12(16)9-3-2-4-10(13)5-9/h2-5,7H,6H2,1H3,(H,14,16). The summed E-state index contributed by atoms with van der Waals surface area (Å²) in [6.07, 6.45) is 0. The maximum atomic E-state index is 11.9. The van der Waals surface area contributed by atoms with E-state index in [-0.39, 0.29) is 5.91 Å². The Morgan fingerprint density at radius 3 is 3.00 bits per heavy atom. The summed E-state index contributed by atoms with van der Waals surface area (Å²) in [5, 5.41) is 2.88. The molecule has 0 aliphatic rings. The normalized spacial score (nSPS) is 10.2. The van der Waals surface area contributed by atoms with Crippen LogP contribution in [0.15, 0.2) is 34.2 Å². The van der Waals surface area contributed by atoms with Crippen molar-refractivity contribution >= 4 is 33.2 Å². The predicted molar refractivity (Wildman–Crippen MR) is 72.2 cm³/mol. The van der Waals surface area contributed by atoms with Crippen LogP contribution in [0.5, 0.6) is 0 Å². The number of hydrogen-bond donors (Lipinski definition) is 1. The molecule has 0 radical (unpaired) electrons. The Morgan fingerprint density at radius 1 is 1.53 bits per heavy atom. The van der Waals surface area contributed by atoms with E-state index in [0.29, 0.717) is 12.1 Å². The van der Waals surface area contributed by atoms with Gasteiger partial charge < -0.3 is 5.32 Å². The zero-order valence-electron chi connectivity index (χ0n) is 9.24. The van der Waals surface area contributed by atoms with E-state index in [1.807, 2.05) is 19.1 Å². The molecule has 0 fully saturated rings. The molecule has 17 heavy (non-hydrogen) atoms. The molecule has 0 atom stereocenters. The first-order chi connectivity index (χ1) is 8.16. The maximum absolute atomic E-state index is 11.9. The summed E-state index contributed by atoms with van der Waals surface area (Å²) in [4.78, 5) is 17.1. The van der Waals surface area contributed by atoms with Gasteiger partial charge in [0.05, 0.1) is 17.7 Å². The van der Waals surface area contributed by atoms with E-state index in [4.69, 9.17) is 0 Å². The molecule has 1 N–H and O–H groups in total. The minimum atomic E-state index is -0.0703. The molecular weight excluding hydrogens is 300 g/mol. The second kappa shape index (κ2) is 5.42. The number of aromatic nitrogens is 1. The summed E-state index contributed by atoms with van der Waals surface area (Å²) < 4.78 is 0.902. The van der Waals surface area contributed by atoms with Gasteiger partial charge in [-0.05, 0) is 25.1 Å². The molecule has 0 saturated carbocycles. The number of carbonyl (C=O) groups excluding carboxylic acids is 1. The number of amides is 1. The molecule has 1 heterocycles. The van der Waals surface area contributed by atoms with Crippen LogP contribution in [0.4, 0.5) is 0 Å². The second-order valence-electron chi connectivity index (χ2n) is 3.55. The molecule has 0 unspecified atom stereocenters. The summed E-state index contributed by atoms with van der Waals surface area (Å²) >= 11 is 4.90. The smallest absolute Gasteiger partial charge is 0.251 e. The number of thiazole rings is 1. The molecule has 3 nitrogen and oxygen atoms in total. The number of hydrogen-bond acceptors (Lipinski definition) is 3. The van der Waals surface area contributed by atoms with E-state index < -0.39 is 0 Å². The Kier molecular flexibility index (Phi) is 3.91. The van der Waals surface area contributed by atoms with Crippen LogP contribution in [0, 0.1) is 6.92 Å². The molecule has 1 aromatic heterocycles. The third-order valence-electron chi connectivity index (χ3n) is 2.34. The Balaban J connectivity index is 2.01. The molecule has 0 aliphatic carbocycles. The van der Waals surface area contributed by atoms with Gasteiger partial charge in [0.2, 0.25) is 0 Å². The minimum Gasteiger partial charge on any atom is -0.347 e. The van der Waals surface area contributed by atoms with Gasteiger partial charge in [0.15, 0.2) is 0 Å². The van der Waals surface area contributed by atoms with Gasteiger partial charge in [0.25, 0.3) is 5.91 Å². The monoisotopic (exact) mass is 310 g/mol. The van der Waals surface area contributed by atoms with Gasteiger partial charge in [-0.3, -0.25) is 4.79 Å². The SMILES string of the molecule is Cc1ncsc1CNC(=O)c1cccc(Br)c1. The van der Waals surface area contributed by atoms with Crippen LogP contribution in [0.1, 0.15) is 20.9 Å². The molecule has 0 bridgehead atoms. The van der Waals surface area contributed by atoms with Crippen LogP contribution in [-0.4, -0.2) is 10.9 Å². The molecule has 2 rings (SSSR count). The van der Waals surface area contributed by atoms with Gasteiger partial charge in [0.1, 0.15) is 0 Å². The molecule has 0 aliphatic heterocycles. The first-order valence-corrected chi connectivity index (χ1v) is 6.77. The summed E-state index contributed by atoms with van der Waals surface area (Å²) in [7, 11) is 0. The lowest BCUT2D eigenvalue weighted by Crippen LogP contribution is -2.22. The number of carbonyl (C=O) groups is 1. The number of nitrogens with one attached hydrogen (secondary N) is 1. The third-order valence-corrected chi connectivity index (χ3v) is 3.77. The average molecular weight is 311 g/mol. The van der Waals surface area contributed by atoms with E-state index in [2.05, 4.69) is 26.2 Å². The Bertz CT molecular complexity index is 539. The van der Waals surface area contributed by atoms with Crippen LogP contribution in [0.2, 0.25) is 0 Å². The van der Waals surface area contributed by atoms with E-state index >= 15 is 0 Å². The molecule has 0 saturated heterocycles. The van der Waals surface area contributed by atoms with Crippen molar-refractivity contribution in [2.45, 2.75) is 13.5 Å². The molecule has 2 aromatic rings. The summed E-state index contributed by atoms with van der Waals surface area (Å²) in [6.45, 7) is 2.47. The van der Waals surface area contributed by atoms with Crippen LogP contribution < -0.4 is 5.32 Å². The lowest BCUT2D eigenvalue weighted by atomic mass is 10.2. The summed E-state index contributed by atoms with van der Waals surface area (Å²) in [5.41, 5.74) is 3.42. The highest BCUT2D eigenvalue weighted by Gasteiger charge is 2.07. The highest BCUT2D eigenvalue weighted by atomic mass is 79.9. The van der Waals surface area contributed by atoms with Crippen molar-refractivity contribution in [3.8, 4) is 0 Å². The molecule has 88 valence electrons. The van der Waals surface area contributed by atoms with Crippen molar-refractivity contribution < 1.29 is 4.79 Å². The average Bonchev–Trinajstić information content (AvgIpc) is 2.72. The predicted octanol–water partition coefficient (Wildman–Crippen LogP) is 3.14. The number of benzene rings is 1. The zero-order valence-corrected chi connectivity index (χ0v) is 11.6. The van der Waals surface area contributed by atoms with Gasteiger partial charge in [0, 0.05) is 14.9 Å². The Labute approximate surface area is 112 Å². The first-order valence-electron chi connectivity index (χ1n) is 5.09.